The second-order valence-corrected chi connectivity index (χ2v) is 8.83. The fourth-order valence-electron chi connectivity index (χ4n) is 4.79. The molecule has 0 fully saturated rings. The molecule has 1 unspecified atom stereocenters. The van der Waals surface area contributed by atoms with E-state index in [0.717, 1.165) is 48.3 Å². The highest BCUT2D eigenvalue weighted by Crippen LogP contribution is 2.49. The Kier molecular flexibility index (Phi) is 7.96. The number of hydrogen-bond acceptors (Lipinski definition) is 3. The number of fused-ring (bicyclic) bond motifs is 1. The standard InChI is InChI=1S/C30H36N2O/c1-3-5-7-16-24-33-32-28-22-15-14-21-27(28)29(31-26-19-12-9-13-20-26)30(32,23-6-4-2)25-17-10-8-11-18-25/h8-15,17-22H,3-7,16,23-24H2,1-2H3. The highest BCUT2D eigenvalue weighted by atomic mass is 16.7. The lowest BCUT2D eigenvalue weighted by Gasteiger charge is -2.40. The van der Waals surface area contributed by atoms with E-state index in [2.05, 4.69) is 97.8 Å². The fourth-order valence-corrected chi connectivity index (χ4v) is 4.79. The number of benzene rings is 3. The molecule has 1 aliphatic heterocycles. The van der Waals surface area contributed by atoms with Crippen molar-refractivity contribution >= 4 is 17.1 Å². The van der Waals surface area contributed by atoms with Crippen molar-refractivity contribution in [1.82, 2.24) is 0 Å². The molecule has 1 atom stereocenters. The smallest absolute Gasteiger partial charge is 0.135 e. The summed E-state index contributed by atoms with van der Waals surface area (Å²) in [6.45, 7) is 5.22. The molecule has 0 radical (unpaired) electrons. The average Bonchev–Trinajstić information content (AvgIpc) is 3.13. The Balaban J connectivity index is 1.86. The third kappa shape index (κ3) is 4.89. The van der Waals surface area contributed by atoms with Gasteiger partial charge in [0.05, 0.1) is 23.7 Å². The molecule has 3 heteroatoms. The summed E-state index contributed by atoms with van der Waals surface area (Å²) >= 11 is 0. The molecule has 3 nitrogen and oxygen atoms in total. The Bertz CT molecular complexity index is 1030. The van der Waals surface area contributed by atoms with Gasteiger partial charge in [-0.1, -0.05) is 113 Å². The Morgan fingerprint density at radius 2 is 1.39 bits per heavy atom. The topological polar surface area (TPSA) is 24.8 Å². The summed E-state index contributed by atoms with van der Waals surface area (Å²) in [4.78, 5) is 11.9. The number of rotatable bonds is 11. The average molecular weight is 441 g/mol. The van der Waals surface area contributed by atoms with Crippen LogP contribution in [0.25, 0.3) is 0 Å². The van der Waals surface area contributed by atoms with Crippen LogP contribution in [0.1, 0.15) is 69.9 Å². The molecule has 0 saturated heterocycles. The van der Waals surface area contributed by atoms with E-state index >= 15 is 0 Å². The van der Waals surface area contributed by atoms with Crippen molar-refractivity contribution in [2.75, 3.05) is 11.7 Å². The maximum atomic E-state index is 6.66. The van der Waals surface area contributed by atoms with Gasteiger partial charge in [-0.3, -0.25) is 4.84 Å². The summed E-state index contributed by atoms with van der Waals surface area (Å²) in [7, 11) is 0. The molecule has 1 aliphatic rings. The Morgan fingerprint density at radius 1 is 0.727 bits per heavy atom. The third-order valence-corrected chi connectivity index (χ3v) is 6.48. The lowest BCUT2D eigenvalue weighted by atomic mass is 9.80. The first-order chi connectivity index (χ1) is 16.3. The molecular weight excluding hydrogens is 404 g/mol. The van der Waals surface area contributed by atoms with Gasteiger partial charge in [-0.05, 0) is 36.6 Å². The van der Waals surface area contributed by atoms with Crippen molar-refractivity contribution in [3.05, 3.63) is 96.1 Å². The van der Waals surface area contributed by atoms with E-state index in [-0.39, 0.29) is 0 Å². The molecule has 0 spiro atoms. The molecule has 0 aliphatic carbocycles. The van der Waals surface area contributed by atoms with E-state index in [9.17, 15) is 0 Å². The number of hydrogen-bond donors (Lipinski definition) is 0. The van der Waals surface area contributed by atoms with E-state index in [1.807, 2.05) is 6.07 Å². The second kappa shape index (κ2) is 11.3. The van der Waals surface area contributed by atoms with Gasteiger partial charge < -0.3 is 0 Å². The molecule has 1 heterocycles. The molecule has 0 amide bonds. The van der Waals surface area contributed by atoms with E-state index in [0.29, 0.717) is 6.61 Å². The van der Waals surface area contributed by atoms with Crippen molar-refractivity contribution in [3.8, 4) is 0 Å². The highest BCUT2D eigenvalue weighted by molar-refractivity contribution is 6.17. The summed E-state index contributed by atoms with van der Waals surface area (Å²) in [6.07, 6.45) is 7.90. The monoisotopic (exact) mass is 440 g/mol. The van der Waals surface area contributed by atoms with Crippen LogP contribution in [0.2, 0.25) is 0 Å². The minimum atomic E-state index is -0.457. The van der Waals surface area contributed by atoms with Gasteiger partial charge in [0.25, 0.3) is 0 Å². The molecular formula is C30H36N2O. The van der Waals surface area contributed by atoms with Crippen LogP contribution in [0.5, 0.6) is 0 Å². The summed E-state index contributed by atoms with van der Waals surface area (Å²) < 4.78 is 0. The highest BCUT2D eigenvalue weighted by Gasteiger charge is 2.51. The minimum Gasteiger partial charge on any atom is -0.272 e. The molecule has 3 aromatic carbocycles. The van der Waals surface area contributed by atoms with E-state index in [4.69, 9.17) is 9.83 Å². The maximum Gasteiger partial charge on any atom is 0.135 e. The van der Waals surface area contributed by atoms with Crippen LogP contribution in [-0.4, -0.2) is 12.3 Å². The molecule has 0 aromatic heterocycles. The zero-order chi connectivity index (χ0) is 22.9. The van der Waals surface area contributed by atoms with Crippen LogP contribution in [-0.2, 0) is 10.4 Å². The first-order valence-electron chi connectivity index (χ1n) is 12.5. The van der Waals surface area contributed by atoms with Crippen LogP contribution >= 0.6 is 0 Å². The van der Waals surface area contributed by atoms with Gasteiger partial charge in [0.1, 0.15) is 5.54 Å². The first-order valence-corrected chi connectivity index (χ1v) is 12.5. The van der Waals surface area contributed by atoms with Gasteiger partial charge in [0.15, 0.2) is 0 Å². The summed E-state index contributed by atoms with van der Waals surface area (Å²) in [5, 5.41) is 2.20. The van der Waals surface area contributed by atoms with Crippen molar-refractivity contribution in [2.24, 2.45) is 4.99 Å². The molecule has 0 N–H and O–H groups in total. The van der Waals surface area contributed by atoms with Gasteiger partial charge in [0, 0.05) is 5.56 Å². The van der Waals surface area contributed by atoms with Crippen molar-refractivity contribution in [3.63, 3.8) is 0 Å². The number of hydroxylamine groups is 1. The Morgan fingerprint density at radius 3 is 2.12 bits per heavy atom. The predicted molar refractivity (Wildman–Crippen MR) is 139 cm³/mol. The van der Waals surface area contributed by atoms with Crippen molar-refractivity contribution < 1.29 is 4.84 Å². The number of para-hydroxylation sites is 2. The Labute approximate surface area is 199 Å². The lowest BCUT2D eigenvalue weighted by molar-refractivity contribution is 0.0669. The molecule has 0 bridgehead atoms. The second-order valence-electron chi connectivity index (χ2n) is 8.83. The summed E-state index contributed by atoms with van der Waals surface area (Å²) in [5.74, 6) is 0. The number of aliphatic imine (C=N–C) groups is 1. The quantitative estimate of drug-likeness (QED) is 0.281. The summed E-state index contributed by atoms with van der Waals surface area (Å²) in [5.41, 5.74) is 5.11. The van der Waals surface area contributed by atoms with Crippen LogP contribution in [0.4, 0.5) is 11.4 Å². The van der Waals surface area contributed by atoms with Crippen LogP contribution < -0.4 is 5.06 Å². The SMILES string of the molecule is CCCCCCON1c2ccccc2C(=Nc2ccccc2)C1(CCCC)c1ccccc1. The molecule has 3 aromatic rings. The minimum absolute atomic E-state index is 0.457. The molecule has 172 valence electrons. The zero-order valence-electron chi connectivity index (χ0n) is 20.0. The largest absolute Gasteiger partial charge is 0.272 e. The molecule has 33 heavy (non-hydrogen) atoms. The summed E-state index contributed by atoms with van der Waals surface area (Å²) in [6, 6.07) is 29.7. The van der Waals surface area contributed by atoms with Crippen LogP contribution in [0.15, 0.2) is 89.9 Å². The van der Waals surface area contributed by atoms with E-state index in [1.54, 1.807) is 0 Å². The lowest BCUT2D eigenvalue weighted by Crippen LogP contribution is -2.48. The number of unbranched alkanes of at least 4 members (excludes halogenated alkanes) is 4. The Hall–Kier alpha value is -2.91. The predicted octanol–water partition coefficient (Wildman–Crippen LogP) is 8.23. The van der Waals surface area contributed by atoms with Crippen LogP contribution in [0, 0.1) is 0 Å². The molecule has 0 saturated carbocycles. The van der Waals surface area contributed by atoms with E-state index in [1.165, 1.54) is 24.8 Å². The van der Waals surface area contributed by atoms with Crippen molar-refractivity contribution in [2.45, 2.75) is 64.3 Å². The van der Waals surface area contributed by atoms with Gasteiger partial charge in [-0.25, -0.2) is 10.1 Å². The van der Waals surface area contributed by atoms with Gasteiger partial charge in [-0.2, -0.15) is 0 Å². The van der Waals surface area contributed by atoms with E-state index < -0.39 is 5.54 Å². The normalized spacial score (nSPS) is 18.6. The number of nitrogens with zero attached hydrogens (tertiary/aromatic N) is 2. The fraction of sp³-hybridized carbons (Fsp3) is 0.367. The maximum absolute atomic E-state index is 6.66. The third-order valence-electron chi connectivity index (χ3n) is 6.48. The number of anilines is 1. The first kappa shape index (κ1) is 23.3. The van der Waals surface area contributed by atoms with Crippen molar-refractivity contribution in [1.29, 1.82) is 0 Å². The molecule has 4 rings (SSSR count). The van der Waals surface area contributed by atoms with Gasteiger partial charge in [-0.15, -0.1) is 0 Å². The van der Waals surface area contributed by atoms with Gasteiger partial charge in [0.2, 0.25) is 0 Å². The zero-order valence-corrected chi connectivity index (χ0v) is 20.0. The van der Waals surface area contributed by atoms with Gasteiger partial charge >= 0.3 is 0 Å². The van der Waals surface area contributed by atoms with Crippen LogP contribution in [0.3, 0.4) is 0 Å².